The minimum Gasteiger partial charge on any atom is -0.467 e. The molecule has 2 N–H and O–H groups in total. The Balaban J connectivity index is 2.34. The van der Waals surface area contributed by atoms with E-state index in [-0.39, 0.29) is 23.0 Å². The van der Waals surface area contributed by atoms with Gasteiger partial charge in [0.2, 0.25) is 5.78 Å². The third-order valence-corrected chi connectivity index (χ3v) is 2.51. The molecule has 0 amide bonds. The molecule has 0 radical (unpaired) electrons. The van der Waals surface area contributed by atoms with Crippen molar-refractivity contribution in [3.63, 3.8) is 0 Å². The highest BCUT2D eigenvalue weighted by atomic mass is 19.3. The Kier molecular flexibility index (Phi) is 3.18. The van der Waals surface area contributed by atoms with Gasteiger partial charge in [-0.05, 0) is 24.6 Å². The van der Waals surface area contributed by atoms with E-state index in [2.05, 4.69) is 4.74 Å². The Morgan fingerprint density at radius 3 is 2.72 bits per heavy atom. The quantitative estimate of drug-likeness (QED) is 0.896. The van der Waals surface area contributed by atoms with Crippen LogP contribution in [0.25, 0.3) is 5.57 Å². The van der Waals surface area contributed by atoms with Crippen molar-refractivity contribution in [3.8, 4) is 5.75 Å². The second-order valence-corrected chi connectivity index (χ2v) is 3.77. The van der Waals surface area contributed by atoms with Crippen molar-refractivity contribution in [1.82, 2.24) is 0 Å². The van der Waals surface area contributed by atoms with Gasteiger partial charge in [-0.25, -0.2) is 0 Å². The second kappa shape index (κ2) is 4.64. The summed E-state index contributed by atoms with van der Waals surface area (Å²) in [5, 5.41) is 0. The lowest BCUT2D eigenvalue weighted by atomic mass is 10.0. The first-order valence-corrected chi connectivity index (χ1v) is 5.25. The summed E-state index contributed by atoms with van der Waals surface area (Å²) in [5.74, 6) is -0.307. The van der Waals surface area contributed by atoms with Crippen LogP contribution in [0, 0.1) is 0 Å². The number of rotatable bonds is 3. The van der Waals surface area contributed by atoms with Crippen molar-refractivity contribution < 1.29 is 23.0 Å². The number of alkyl halides is 2. The zero-order chi connectivity index (χ0) is 13.3. The van der Waals surface area contributed by atoms with Gasteiger partial charge in [0.25, 0.3) is 0 Å². The van der Waals surface area contributed by atoms with Crippen LogP contribution in [0.15, 0.2) is 30.1 Å². The molecule has 1 unspecified atom stereocenters. The molecule has 1 aliphatic heterocycles. The SMILES string of the molecule is CC1OC(N)=C(c2cccc(OC(F)F)c2)C1=O. The lowest BCUT2D eigenvalue weighted by Gasteiger charge is -2.06. The molecule has 1 aliphatic rings. The van der Waals surface area contributed by atoms with E-state index >= 15 is 0 Å². The first kappa shape index (κ1) is 12.3. The van der Waals surface area contributed by atoms with E-state index in [0.717, 1.165) is 0 Å². The van der Waals surface area contributed by atoms with Crippen LogP contribution in [-0.4, -0.2) is 18.5 Å². The Hall–Kier alpha value is -2.11. The molecule has 0 fully saturated rings. The van der Waals surface area contributed by atoms with Gasteiger partial charge < -0.3 is 15.2 Å². The second-order valence-electron chi connectivity index (χ2n) is 3.77. The van der Waals surface area contributed by atoms with E-state index in [1.165, 1.54) is 18.2 Å². The number of halogens is 2. The van der Waals surface area contributed by atoms with Gasteiger partial charge in [-0.1, -0.05) is 12.1 Å². The fraction of sp³-hybridized carbons (Fsp3) is 0.250. The number of carbonyl (C=O) groups is 1. The average molecular weight is 255 g/mol. The maximum Gasteiger partial charge on any atom is 0.387 e. The summed E-state index contributed by atoms with van der Waals surface area (Å²) in [7, 11) is 0. The number of benzene rings is 1. The van der Waals surface area contributed by atoms with E-state index < -0.39 is 12.7 Å². The van der Waals surface area contributed by atoms with Crippen LogP contribution < -0.4 is 10.5 Å². The van der Waals surface area contributed by atoms with Crippen molar-refractivity contribution in [2.45, 2.75) is 19.6 Å². The molecule has 1 aromatic carbocycles. The normalized spacial score (nSPS) is 19.3. The number of hydrogen-bond donors (Lipinski definition) is 1. The van der Waals surface area contributed by atoms with Crippen molar-refractivity contribution >= 4 is 11.4 Å². The summed E-state index contributed by atoms with van der Waals surface area (Å²) in [4.78, 5) is 11.8. The number of ether oxygens (including phenoxy) is 2. The Labute approximate surface area is 102 Å². The van der Waals surface area contributed by atoms with Gasteiger partial charge in [-0.15, -0.1) is 0 Å². The number of ketones is 1. The summed E-state index contributed by atoms with van der Waals surface area (Å²) in [6.07, 6.45) is -0.653. The number of Topliss-reactive ketones (excluding diaryl/α,β-unsaturated/α-hetero) is 1. The van der Waals surface area contributed by atoms with Gasteiger partial charge in [0.15, 0.2) is 12.0 Å². The first-order valence-electron chi connectivity index (χ1n) is 5.25. The smallest absolute Gasteiger partial charge is 0.387 e. The Morgan fingerprint density at radius 2 is 2.17 bits per heavy atom. The fourth-order valence-corrected chi connectivity index (χ4v) is 1.74. The molecular weight excluding hydrogens is 244 g/mol. The summed E-state index contributed by atoms with van der Waals surface area (Å²) in [6, 6.07) is 5.78. The lowest BCUT2D eigenvalue weighted by molar-refractivity contribution is -0.119. The third-order valence-electron chi connectivity index (χ3n) is 2.51. The molecule has 0 aliphatic carbocycles. The van der Waals surface area contributed by atoms with Crippen molar-refractivity contribution in [2.75, 3.05) is 0 Å². The van der Waals surface area contributed by atoms with E-state index in [1.807, 2.05) is 0 Å². The maximum absolute atomic E-state index is 12.1. The molecule has 0 saturated heterocycles. The number of nitrogens with two attached hydrogens (primary N) is 1. The molecule has 2 rings (SSSR count). The largest absolute Gasteiger partial charge is 0.467 e. The van der Waals surface area contributed by atoms with Crippen molar-refractivity contribution in [3.05, 3.63) is 35.7 Å². The molecule has 96 valence electrons. The Bertz CT molecular complexity index is 514. The van der Waals surface area contributed by atoms with Gasteiger partial charge in [-0.2, -0.15) is 8.78 Å². The van der Waals surface area contributed by atoms with Crippen LogP contribution >= 0.6 is 0 Å². The minimum atomic E-state index is -2.92. The topological polar surface area (TPSA) is 61.6 Å². The van der Waals surface area contributed by atoms with Crippen molar-refractivity contribution in [1.29, 1.82) is 0 Å². The molecule has 1 atom stereocenters. The van der Waals surface area contributed by atoms with Gasteiger partial charge in [-0.3, -0.25) is 4.79 Å². The molecular formula is C12H11F2NO3. The van der Waals surface area contributed by atoms with Gasteiger partial charge >= 0.3 is 6.61 Å². The van der Waals surface area contributed by atoms with Crippen LogP contribution in [0.4, 0.5) is 8.78 Å². The summed E-state index contributed by atoms with van der Waals surface area (Å²) in [5.41, 5.74) is 6.19. The molecule has 0 aromatic heterocycles. The maximum atomic E-state index is 12.1. The number of hydrogen-bond acceptors (Lipinski definition) is 4. The number of carbonyl (C=O) groups excluding carboxylic acids is 1. The van der Waals surface area contributed by atoms with Gasteiger partial charge in [0.05, 0.1) is 5.57 Å². The highest BCUT2D eigenvalue weighted by molar-refractivity contribution is 6.24. The summed E-state index contributed by atoms with van der Waals surface area (Å²) < 4.78 is 33.5. The predicted molar refractivity (Wildman–Crippen MR) is 59.7 cm³/mol. The highest BCUT2D eigenvalue weighted by Gasteiger charge is 2.31. The highest BCUT2D eigenvalue weighted by Crippen LogP contribution is 2.29. The Morgan fingerprint density at radius 1 is 1.44 bits per heavy atom. The standard InChI is InChI=1S/C12H11F2NO3/c1-6-10(16)9(11(15)17-6)7-3-2-4-8(5-7)18-12(13)14/h2-6,12H,15H2,1H3. The molecule has 0 spiro atoms. The van der Waals surface area contributed by atoms with Crippen LogP contribution in [-0.2, 0) is 9.53 Å². The third kappa shape index (κ3) is 2.27. The van der Waals surface area contributed by atoms with Crippen LogP contribution in [0.5, 0.6) is 5.75 Å². The molecule has 1 heterocycles. The van der Waals surface area contributed by atoms with Crippen molar-refractivity contribution in [2.24, 2.45) is 5.73 Å². The molecule has 18 heavy (non-hydrogen) atoms. The molecule has 0 saturated carbocycles. The first-order chi connectivity index (χ1) is 8.49. The lowest BCUT2D eigenvalue weighted by Crippen LogP contribution is -2.13. The zero-order valence-corrected chi connectivity index (χ0v) is 9.52. The monoisotopic (exact) mass is 255 g/mol. The minimum absolute atomic E-state index is 0.00157. The molecule has 0 bridgehead atoms. The summed E-state index contributed by atoms with van der Waals surface area (Å²) in [6.45, 7) is -1.34. The van der Waals surface area contributed by atoms with Crippen LogP contribution in [0.2, 0.25) is 0 Å². The van der Waals surface area contributed by atoms with Crippen LogP contribution in [0.3, 0.4) is 0 Å². The zero-order valence-electron chi connectivity index (χ0n) is 9.52. The van der Waals surface area contributed by atoms with E-state index in [9.17, 15) is 13.6 Å². The van der Waals surface area contributed by atoms with Gasteiger partial charge in [0.1, 0.15) is 5.75 Å². The summed E-state index contributed by atoms with van der Waals surface area (Å²) >= 11 is 0. The fourth-order valence-electron chi connectivity index (χ4n) is 1.74. The molecule has 1 aromatic rings. The van der Waals surface area contributed by atoms with E-state index in [0.29, 0.717) is 5.56 Å². The average Bonchev–Trinajstić information content (AvgIpc) is 2.52. The van der Waals surface area contributed by atoms with E-state index in [4.69, 9.17) is 10.5 Å². The van der Waals surface area contributed by atoms with Crippen LogP contribution in [0.1, 0.15) is 12.5 Å². The van der Waals surface area contributed by atoms with E-state index in [1.54, 1.807) is 13.0 Å². The van der Waals surface area contributed by atoms with Gasteiger partial charge in [0, 0.05) is 0 Å². The molecule has 4 nitrogen and oxygen atoms in total. The molecule has 6 heteroatoms. The predicted octanol–water partition coefficient (Wildman–Crippen LogP) is 1.90.